The van der Waals surface area contributed by atoms with Gasteiger partial charge in [-0.05, 0) is 43.9 Å². The third kappa shape index (κ3) is 7.59. The molecule has 0 spiro atoms. The van der Waals surface area contributed by atoms with E-state index in [2.05, 4.69) is 48.6 Å². The highest BCUT2D eigenvalue weighted by Gasteiger charge is 2.11. The van der Waals surface area contributed by atoms with Gasteiger partial charge in [-0.1, -0.05) is 39.8 Å². The van der Waals surface area contributed by atoms with Crippen molar-refractivity contribution in [1.29, 1.82) is 0 Å². The predicted molar refractivity (Wildman–Crippen MR) is 107 cm³/mol. The first kappa shape index (κ1) is 21.0. The van der Waals surface area contributed by atoms with Gasteiger partial charge >= 0.3 is 0 Å². The van der Waals surface area contributed by atoms with Crippen LogP contribution in [0.4, 0.5) is 5.69 Å². The smallest absolute Gasteiger partial charge is 0.227 e. The van der Waals surface area contributed by atoms with Gasteiger partial charge in [0.05, 0.1) is 6.54 Å². The number of amides is 1. The maximum atomic E-state index is 12.0. The predicted octanol–water partition coefficient (Wildman–Crippen LogP) is 3.77. The average molecular weight is 347 g/mol. The summed E-state index contributed by atoms with van der Waals surface area (Å²) in [5.41, 5.74) is 1.89. The van der Waals surface area contributed by atoms with Crippen molar-refractivity contribution < 1.29 is 4.79 Å². The van der Waals surface area contributed by atoms with E-state index in [9.17, 15) is 4.79 Å². The van der Waals surface area contributed by atoms with E-state index >= 15 is 0 Å². The lowest BCUT2D eigenvalue weighted by Crippen LogP contribution is -2.44. The molecule has 1 aromatic carbocycles. The quantitative estimate of drug-likeness (QED) is 0.496. The number of aliphatic imine (C=N–C) groups is 1. The number of carbonyl (C=O) groups excluding carboxylic acids is 1. The number of rotatable bonds is 8. The number of hydrogen-bond acceptors (Lipinski definition) is 2. The monoisotopic (exact) mass is 346 g/mol. The van der Waals surface area contributed by atoms with Crippen molar-refractivity contribution in [1.82, 2.24) is 10.6 Å². The summed E-state index contributed by atoms with van der Waals surface area (Å²) >= 11 is 0. The molecule has 5 heteroatoms. The summed E-state index contributed by atoms with van der Waals surface area (Å²) in [5, 5.41) is 9.68. The summed E-state index contributed by atoms with van der Waals surface area (Å²) in [6.45, 7) is 13.9. The first-order valence-electron chi connectivity index (χ1n) is 9.31. The van der Waals surface area contributed by atoms with Gasteiger partial charge in [-0.2, -0.15) is 0 Å². The molecule has 0 bridgehead atoms. The van der Waals surface area contributed by atoms with Gasteiger partial charge in [0, 0.05) is 24.2 Å². The molecule has 3 N–H and O–H groups in total. The van der Waals surface area contributed by atoms with Crippen molar-refractivity contribution in [3.05, 3.63) is 29.8 Å². The minimum absolute atomic E-state index is 0.0174. The second-order valence-electron chi connectivity index (χ2n) is 6.87. The Bertz CT molecular complexity index is 569. The average Bonchev–Trinajstić information content (AvgIpc) is 2.59. The summed E-state index contributed by atoms with van der Waals surface area (Å²) in [6.07, 6.45) is 0.835. The Balaban J connectivity index is 2.76. The van der Waals surface area contributed by atoms with Crippen LogP contribution in [0.5, 0.6) is 0 Å². The Kier molecular flexibility index (Phi) is 9.03. The fraction of sp³-hybridized carbons (Fsp3) is 0.600. The van der Waals surface area contributed by atoms with Gasteiger partial charge in [0.1, 0.15) is 0 Å². The number of benzene rings is 1. The maximum absolute atomic E-state index is 12.0. The van der Waals surface area contributed by atoms with Gasteiger partial charge in [-0.15, -0.1) is 0 Å². The lowest BCUT2D eigenvalue weighted by atomic mass is 10.1. The van der Waals surface area contributed by atoms with Crippen molar-refractivity contribution in [2.24, 2.45) is 16.8 Å². The number of nitrogens with zero attached hydrogens (tertiary/aromatic N) is 1. The maximum Gasteiger partial charge on any atom is 0.227 e. The Hall–Kier alpha value is -2.04. The Labute approximate surface area is 152 Å². The molecule has 140 valence electrons. The molecule has 2 atom stereocenters. The summed E-state index contributed by atoms with van der Waals surface area (Å²) < 4.78 is 0. The van der Waals surface area contributed by atoms with Crippen LogP contribution in [0.15, 0.2) is 29.3 Å². The zero-order chi connectivity index (χ0) is 18.8. The van der Waals surface area contributed by atoms with E-state index in [1.165, 1.54) is 0 Å². The molecular weight excluding hydrogens is 312 g/mol. The van der Waals surface area contributed by atoms with Gasteiger partial charge < -0.3 is 16.0 Å². The summed E-state index contributed by atoms with van der Waals surface area (Å²) in [4.78, 5) is 16.7. The topological polar surface area (TPSA) is 65.5 Å². The molecule has 25 heavy (non-hydrogen) atoms. The molecule has 0 aliphatic heterocycles. The van der Waals surface area contributed by atoms with Crippen LogP contribution in [0.2, 0.25) is 0 Å². The standard InChI is InChI=1S/C20H34N4O/c1-7-15(5)19(25)24-18-11-9-10-17(12-18)13-22-20(21-8-2)23-16(6)14(3)4/h9-12,14-16H,7-8,13H2,1-6H3,(H,24,25)(H2,21,22,23). The van der Waals surface area contributed by atoms with E-state index in [1.807, 2.05) is 38.1 Å². The van der Waals surface area contributed by atoms with Crippen LogP contribution in [0.3, 0.4) is 0 Å². The van der Waals surface area contributed by atoms with Crippen LogP contribution in [0.1, 0.15) is 53.5 Å². The highest BCUT2D eigenvalue weighted by atomic mass is 16.1. The van der Waals surface area contributed by atoms with E-state index in [-0.39, 0.29) is 11.8 Å². The molecule has 1 amide bonds. The van der Waals surface area contributed by atoms with Crippen LogP contribution in [0.25, 0.3) is 0 Å². The normalized spacial score (nSPS) is 14.1. The molecule has 5 nitrogen and oxygen atoms in total. The molecule has 0 saturated carbocycles. The van der Waals surface area contributed by atoms with E-state index in [0.29, 0.717) is 18.5 Å². The van der Waals surface area contributed by atoms with Crippen molar-refractivity contribution in [3.63, 3.8) is 0 Å². The number of guanidine groups is 1. The number of hydrogen-bond donors (Lipinski definition) is 3. The fourth-order valence-electron chi connectivity index (χ4n) is 2.07. The summed E-state index contributed by atoms with van der Waals surface area (Å²) in [7, 11) is 0. The lowest BCUT2D eigenvalue weighted by Gasteiger charge is -2.20. The zero-order valence-corrected chi connectivity index (χ0v) is 16.5. The molecule has 0 saturated heterocycles. The second kappa shape index (κ2) is 10.7. The fourth-order valence-corrected chi connectivity index (χ4v) is 2.07. The van der Waals surface area contributed by atoms with E-state index in [0.717, 1.165) is 30.2 Å². The molecule has 0 aliphatic carbocycles. The van der Waals surface area contributed by atoms with Gasteiger partial charge in [-0.25, -0.2) is 4.99 Å². The van der Waals surface area contributed by atoms with Crippen LogP contribution in [-0.2, 0) is 11.3 Å². The molecule has 1 rings (SSSR count). The molecule has 0 aliphatic rings. The number of carbonyl (C=O) groups is 1. The zero-order valence-electron chi connectivity index (χ0n) is 16.5. The Morgan fingerprint density at radius 2 is 1.88 bits per heavy atom. The molecule has 1 aromatic rings. The van der Waals surface area contributed by atoms with Crippen molar-refractivity contribution in [2.45, 2.75) is 60.5 Å². The molecular formula is C20H34N4O. The van der Waals surface area contributed by atoms with E-state index in [1.54, 1.807) is 0 Å². The third-order valence-electron chi connectivity index (χ3n) is 4.38. The molecule has 0 heterocycles. The van der Waals surface area contributed by atoms with E-state index in [4.69, 9.17) is 0 Å². The van der Waals surface area contributed by atoms with Crippen molar-refractivity contribution in [3.8, 4) is 0 Å². The Morgan fingerprint density at radius 3 is 2.48 bits per heavy atom. The third-order valence-corrected chi connectivity index (χ3v) is 4.38. The highest BCUT2D eigenvalue weighted by molar-refractivity contribution is 5.92. The van der Waals surface area contributed by atoms with Gasteiger partial charge in [0.15, 0.2) is 5.96 Å². The van der Waals surface area contributed by atoms with E-state index < -0.39 is 0 Å². The lowest BCUT2D eigenvalue weighted by molar-refractivity contribution is -0.119. The molecule has 0 fully saturated rings. The number of anilines is 1. The minimum atomic E-state index is 0.0174. The molecule has 2 unspecified atom stereocenters. The first-order valence-corrected chi connectivity index (χ1v) is 9.31. The second-order valence-corrected chi connectivity index (χ2v) is 6.87. The summed E-state index contributed by atoms with van der Waals surface area (Å²) in [6, 6.07) is 8.22. The van der Waals surface area contributed by atoms with Crippen LogP contribution < -0.4 is 16.0 Å². The van der Waals surface area contributed by atoms with Crippen LogP contribution in [-0.4, -0.2) is 24.5 Å². The molecule has 0 radical (unpaired) electrons. The minimum Gasteiger partial charge on any atom is -0.357 e. The van der Waals surface area contributed by atoms with Gasteiger partial charge in [0.2, 0.25) is 5.91 Å². The molecule has 0 aromatic heterocycles. The Morgan fingerprint density at radius 1 is 1.16 bits per heavy atom. The van der Waals surface area contributed by atoms with Crippen molar-refractivity contribution >= 4 is 17.6 Å². The van der Waals surface area contributed by atoms with Gasteiger partial charge in [0.25, 0.3) is 0 Å². The largest absolute Gasteiger partial charge is 0.357 e. The van der Waals surface area contributed by atoms with Crippen molar-refractivity contribution in [2.75, 3.05) is 11.9 Å². The van der Waals surface area contributed by atoms with Crippen LogP contribution in [0, 0.1) is 11.8 Å². The highest BCUT2D eigenvalue weighted by Crippen LogP contribution is 2.14. The van der Waals surface area contributed by atoms with Gasteiger partial charge in [-0.3, -0.25) is 4.79 Å². The summed E-state index contributed by atoms with van der Waals surface area (Å²) in [5.74, 6) is 1.42. The van der Waals surface area contributed by atoms with Crippen LogP contribution >= 0.6 is 0 Å². The first-order chi connectivity index (χ1) is 11.9. The SMILES string of the molecule is CCNC(=NCc1cccc(NC(=O)C(C)CC)c1)NC(C)C(C)C. The number of nitrogens with one attached hydrogen (secondary N) is 3.